The van der Waals surface area contributed by atoms with Gasteiger partial charge in [-0.1, -0.05) is 37.0 Å². The number of nitrogens with zero attached hydrogens (tertiary/aromatic N) is 2. The summed E-state index contributed by atoms with van der Waals surface area (Å²) in [5.74, 6) is 0.253. The van der Waals surface area contributed by atoms with Crippen LogP contribution in [0.2, 0.25) is 10.3 Å². The highest BCUT2D eigenvalue weighted by molar-refractivity contribution is 6.32. The lowest BCUT2D eigenvalue weighted by Crippen LogP contribution is -1.99. The molecule has 66 valence electrons. The number of hydrogen-bond donors (Lipinski definition) is 0. The van der Waals surface area contributed by atoms with E-state index in [1.165, 1.54) is 0 Å². The van der Waals surface area contributed by atoms with Crippen LogP contribution in [0.15, 0.2) is 0 Å². The van der Waals surface area contributed by atoms with Crippen molar-refractivity contribution in [2.45, 2.75) is 26.7 Å². The Bertz CT molecular complexity index is 297. The second kappa shape index (κ2) is 3.58. The largest absolute Gasteiger partial charge is 0.236 e. The van der Waals surface area contributed by atoms with Crippen LogP contribution in [0.1, 0.15) is 31.2 Å². The molecule has 0 bridgehead atoms. The molecule has 12 heavy (non-hydrogen) atoms. The molecule has 0 spiro atoms. The first kappa shape index (κ1) is 9.75. The number of halogens is 2. The highest BCUT2D eigenvalue weighted by atomic mass is 35.5. The molecule has 0 aliphatic heterocycles. The summed E-state index contributed by atoms with van der Waals surface area (Å²) < 4.78 is 0. The van der Waals surface area contributed by atoms with Gasteiger partial charge in [0.1, 0.15) is 0 Å². The van der Waals surface area contributed by atoms with Crippen LogP contribution in [0.5, 0.6) is 0 Å². The van der Waals surface area contributed by atoms with Gasteiger partial charge in [0, 0.05) is 0 Å². The van der Waals surface area contributed by atoms with Crippen LogP contribution in [-0.2, 0) is 0 Å². The molecule has 1 rings (SSSR count). The summed E-state index contributed by atoms with van der Waals surface area (Å²) in [7, 11) is 0. The first-order valence-corrected chi connectivity index (χ1v) is 4.47. The van der Waals surface area contributed by atoms with Crippen LogP contribution in [0.3, 0.4) is 0 Å². The van der Waals surface area contributed by atoms with E-state index in [-0.39, 0.29) is 5.92 Å². The summed E-state index contributed by atoms with van der Waals surface area (Å²) in [5.41, 5.74) is 1.43. The minimum absolute atomic E-state index is 0.253. The van der Waals surface area contributed by atoms with Gasteiger partial charge in [0.2, 0.25) is 0 Å². The van der Waals surface area contributed by atoms with Gasteiger partial charge in [-0.25, -0.2) is 9.97 Å². The predicted octanol–water partition coefficient (Wildman–Crippen LogP) is 3.22. The summed E-state index contributed by atoms with van der Waals surface area (Å²) in [5, 5.41) is 0.884. The van der Waals surface area contributed by atoms with Crippen molar-refractivity contribution in [1.82, 2.24) is 9.97 Å². The Labute approximate surface area is 81.9 Å². The Kier molecular flexibility index (Phi) is 2.91. The Hall–Kier alpha value is -0.340. The Balaban J connectivity index is 3.23. The number of hydrogen-bond acceptors (Lipinski definition) is 2. The van der Waals surface area contributed by atoms with Gasteiger partial charge in [0.05, 0.1) is 11.4 Å². The third-order valence-corrected chi connectivity index (χ3v) is 2.18. The zero-order valence-electron chi connectivity index (χ0n) is 7.23. The minimum atomic E-state index is 0.253. The standard InChI is InChI=1S/C8H10Cl2N2/c1-4(2)6-8(10)11-5(3)7(9)12-6/h4H,1-3H3. The van der Waals surface area contributed by atoms with E-state index in [4.69, 9.17) is 23.2 Å². The van der Waals surface area contributed by atoms with Crippen LogP contribution in [0.25, 0.3) is 0 Å². The smallest absolute Gasteiger partial charge is 0.151 e. The lowest BCUT2D eigenvalue weighted by molar-refractivity contribution is 0.808. The van der Waals surface area contributed by atoms with Gasteiger partial charge >= 0.3 is 0 Å². The van der Waals surface area contributed by atoms with Crippen molar-refractivity contribution in [2.75, 3.05) is 0 Å². The van der Waals surface area contributed by atoms with Crippen LogP contribution in [0.4, 0.5) is 0 Å². The Morgan fingerprint density at radius 3 is 2.17 bits per heavy atom. The summed E-state index contributed by atoms with van der Waals surface area (Å²) >= 11 is 11.7. The van der Waals surface area contributed by atoms with E-state index in [1.807, 2.05) is 13.8 Å². The third kappa shape index (κ3) is 1.87. The molecule has 0 atom stereocenters. The van der Waals surface area contributed by atoms with Crippen LogP contribution in [-0.4, -0.2) is 9.97 Å². The van der Waals surface area contributed by atoms with Crippen molar-refractivity contribution < 1.29 is 0 Å². The van der Waals surface area contributed by atoms with Gasteiger partial charge in [0.25, 0.3) is 0 Å². The molecular formula is C8H10Cl2N2. The summed E-state index contributed by atoms with van der Waals surface area (Å²) in [6.45, 7) is 5.79. The Morgan fingerprint density at radius 2 is 1.67 bits per heavy atom. The number of aromatic nitrogens is 2. The molecule has 0 amide bonds. The van der Waals surface area contributed by atoms with E-state index in [2.05, 4.69) is 9.97 Å². The maximum Gasteiger partial charge on any atom is 0.151 e. The highest BCUT2D eigenvalue weighted by Gasteiger charge is 2.10. The van der Waals surface area contributed by atoms with Crippen molar-refractivity contribution in [2.24, 2.45) is 0 Å². The van der Waals surface area contributed by atoms with E-state index in [9.17, 15) is 0 Å². The van der Waals surface area contributed by atoms with Gasteiger partial charge in [0.15, 0.2) is 10.3 Å². The van der Waals surface area contributed by atoms with Crippen LogP contribution in [0, 0.1) is 6.92 Å². The molecule has 0 aliphatic carbocycles. The molecule has 1 aromatic heterocycles. The predicted molar refractivity (Wildman–Crippen MR) is 50.9 cm³/mol. The molecule has 0 unspecified atom stereocenters. The summed E-state index contributed by atoms with van der Waals surface area (Å²) in [6, 6.07) is 0. The maximum atomic E-state index is 5.86. The SMILES string of the molecule is Cc1nc(Cl)c(C(C)C)nc1Cl. The average Bonchev–Trinajstić information content (AvgIpc) is 1.96. The molecule has 0 saturated heterocycles. The van der Waals surface area contributed by atoms with Crippen molar-refractivity contribution >= 4 is 23.2 Å². The van der Waals surface area contributed by atoms with Gasteiger partial charge in [-0.2, -0.15) is 0 Å². The molecule has 0 saturated carbocycles. The van der Waals surface area contributed by atoms with Gasteiger partial charge < -0.3 is 0 Å². The van der Waals surface area contributed by atoms with Gasteiger partial charge in [-0.05, 0) is 12.8 Å². The first-order chi connectivity index (χ1) is 5.52. The fourth-order valence-electron chi connectivity index (χ4n) is 0.851. The fraction of sp³-hybridized carbons (Fsp3) is 0.500. The van der Waals surface area contributed by atoms with E-state index < -0.39 is 0 Å². The minimum Gasteiger partial charge on any atom is -0.236 e. The molecule has 1 heterocycles. The Morgan fingerprint density at radius 1 is 1.08 bits per heavy atom. The highest BCUT2D eigenvalue weighted by Crippen LogP contribution is 2.23. The van der Waals surface area contributed by atoms with Gasteiger partial charge in [-0.15, -0.1) is 0 Å². The van der Waals surface area contributed by atoms with Crippen LogP contribution < -0.4 is 0 Å². The molecule has 0 aliphatic rings. The zero-order valence-corrected chi connectivity index (χ0v) is 8.74. The lowest BCUT2D eigenvalue weighted by atomic mass is 10.1. The molecule has 0 aromatic carbocycles. The third-order valence-electron chi connectivity index (χ3n) is 1.54. The van der Waals surface area contributed by atoms with Crippen LogP contribution >= 0.6 is 23.2 Å². The van der Waals surface area contributed by atoms with Crippen molar-refractivity contribution in [3.63, 3.8) is 0 Å². The van der Waals surface area contributed by atoms with Gasteiger partial charge in [-0.3, -0.25) is 0 Å². The molecule has 0 fully saturated rings. The van der Waals surface area contributed by atoms with Crippen molar-refractivity contribution in [3.05, 3.63) is 21.7 Å². The molecule has 0 N–H and O–H groups in total. The normalized spacial score (nSPS) is 10.8. The lowest BCUT2D eigenvalue weighted by Gasteiger charge is -2.07. The molecule has 1 aromatic rings. The summed E-state index contributed by atoms with van der Waals surface area (Å²) in [4.78, 5) is 8.21. The van der Waals surface area contributed by atoms with Crippen molar-refractivity contribution in [1.29, 1.82) is 0 Å². The topological polar surface area (TPSA) is 25.8 Å². The second-order valence-corrected chi connectivity index (χ2v) is 3.65. The zero-order chi connectivity index (χ0) is 9.30. The molecule has 2 nitrogen and oxygen atoms in total. The molecule has 4 heteroatoms. The van der Waals surface area contributed by atoms with E-state index in [0.29, 0.717) is 16.0 Å². The van der Waals surface area contributed by atoms with E-state index >= 15 is 0 Å². The number of rotatable bonds is 1. The number of aryl methyl sites for hydroxylation is 1. The van der Waals surface area contributed by atoms with Crippen molar-refractivity contribution in [3.8, 4) is 0 Å². The first-order valence-electron chi connectivity index (χ1n) is 3.72. The monoisotopic (exact) mass is 204 g/mol. The summed E-state index contributed by atoms with van der Waals surface area (Å²) in [6.07, 6.45) is 0. The maximum absolute atomic E-state index is 5.86. The quantitative estimate of drug-likeness (QED) is 0.703. The van der Waals surface area contributed by atoms with E-state index in [1.54, 1.807) is 6.92 Å². The van der Waals surface area contributed by atoms with E-state index in [0.717, 1.165) is 5.69 Å². The fourth-order valence-corrected chi connectivity index (χ4v) is 1.37. The molecule has 0 radical (unpaired) electrons. The molecular weight excluding hydrogens is 195 g/mol. The average molecular weight is 205 g/mol. The second-order valence-electron chi connectivity index (χ2n) is 2.93.